The van der Waals surface area contributed by atoms with E-state index >= 15 is 0 Å². The van der Waals surface area contributed by atoms with Gasteiger partial charge in [-0.25, -0.2) is 4.79 Å². The zero-order valence-electron chi connectivity index (χ0n) is 8.62. The molecule has 6 nitrogen and oxygen atoms in total. The molecule has 0 heterocycles. The van der Waals surface area contributed by atoms with E-state index in [0.717, 1.165) is 0 Å². The van der Waals surface area contributed by atoms with Crippen molar-refractivity contribution in [3.63, 3.8) is 0 Å². The molecular weight excluding hydrogens is 198 g/mol. The number of nitrogens with one attached hydrogen (secondary N) is 2. The zero-order chi connectivity index (χ0) is 11.7. The van der Waals surface area contributed by atoms with Crippen LogP contribution in [0.15, 0.2) is 0 Å². The van der Waals surface area contributed by atoms with Gasteiger partial charge in [0.25, 0.3) is 0 Å². The van der Waals surface area contributed by atoms with Crippen molar-refractivity contribution in [1.82, 2.24) is 10.6 Å². The Hall–Kier alpha value is -1.77. The molecule has 1 unspecified atom stereocenters. The normalized spacial score (nSPS) is 11.2. The highest BCUT2D eigenvalue weighted by atomic mass is 16.4. The van der Waals surface area contributed by atoms with Crippen LogP contribution in [0.4, 0.5) is 4.79 Å². The van der Waals surface area contributed by atoms with Crippen LogP contribution < -0.4 is 10.6 Å². The first-order chi connectivity index (χ1) is 7.06. The predicted octanol–water partition coefficient (Wildman–Crippen LogP) is 0.310. The third-order valence-electron chi connectivity index (χ3n) is 1.81. The number of amides is 2. The van der Waals surface area contributed by atoms with Gasteiger partial charge in [0.05, 0.1) is 6.07 Å². The second-order valence-electron chi connectivity index (χ2n) is 3.26. The molecule has 0 radical (unpaired) electrons. The van der Waals surface area contributed by atoms with Gasteiger partial charge in [-0.3, -0.25) is 4.79 Å². The highest BCUT2D eigenvalue weighted by molar-refractivity contribution is 5.76. The van der Waals surface area contributed by atoms with Crippen molar-refractivity contribution >= 4 is 12.0 Å². The van der Waals surface area contributed by atoms with Crippen molar-refractivity contribution in [2.75, 3.05) is 13.1 Å². The Morgan fingerprint density at radius 3 is 2.67 bits per heavy atom. The number of nitrogens with zero attached hydrogens (tertiary/aromatic N) is 1. The van der Waals surface area contributed by atoms with Gasteiger partial charge < -0.3 is 15.7 Å². The molecule has 15 heavy (non-hydrogen) atoms. The smallest absolute Gasteiger partial charge is 0.404 e. The third kappa shape index (κ3) is 8.56. The fourth-order valence-electron chi connectivity index (χ4n) is 1.05. The van der Waals surface area contributed by atoms with Crippen LogP contribution in [-0.4, -0.2) is 30.2 Å². The van der Waals surface area contributed by atoms with Crippen molar-refractivity contribution in [2.45, 2.75) is 19.8 Å². The molecule has 0 saturated heterocycles. The molecule has 0 aliphatic heterocycles. The van der Waals surface area contributed by atoms with Gasteiger partial charge in [0.1, 0.15) is 6.54 Å². The van der Waals surface area contributed by atoms with E-state index in [1.54, 1.807) is 0 Å². The van der Waals surface area contributed by atoms with Gasteiger partial charge in [-0.1, -0.05) is 6.92 Å². The third-order valence-corrected chi connectivity index (χ3v) is 1.81. The second kappa shape index (κ2) is 7.62. The molecule has 0 rings (SSSR count). The molecule has 0 aromatic heterocycles. The van der Waals surface area contributed by atoms with Gasteiger partial charge in [-0.15, -0.1) is 0 Å². The van der Waals surface area contributed by atoms with E-state index in [9.17, 15) is 9.59 Å². The summed E-state index contributed by atoms with van der Waals surface area (Å²) in [6.45, 7) is 2.20. The zero-order valence-corrected chi connectivity index (χ0v) is 8.62. The van der Waals surface area contributed by atoms with Crippen LogP contribution in [0.25, 0.3) is 0 Å². The lowest BCUT2D eigenvalue weighted by molar-refractivity contribution is -0.121. The van der Waals surface area contributed by atoms with Crippen molar-refractivity contribution < 1.29 is 14.7 Å². The number of nitriles is 1. The fourth-order valence-corrected chi connectivity index (χ4v) is 1.05. The second-order valence-corrected chi connectivity index (χ2v) is 3.26. The lowest BCUT2D eigenvalue weighted by atomic mass is 10.0. The van der Waals surface area contributed by atoms with E-state index in [2.05, 4.69) is 10.6 Å². The maximum atomic E-state index is 11.1. The Kier molecular flexibility index (Phi) is 6.72. The van der Waals surface area contributed by atoms with Crippen LogP contribution in [0.2, 0.25) is 0 Å². The minimum Gasteiger partial charge on any atom is -0.465 e. The van der Waals surface area contributed by atoms with Gasteiger partial charge in [0.2, 0.25) is 5.91 Å². The summed E-state index contributed by atoms with van der Waals surface area (Å²) in [5.41, 5.74) is 0. The van der Waals surface area contributed by atoms with Gasteiger partial charge >= 0.3 is 6.09 Å². The van der Waals surface area contributed by atoms with E-state index in [1.807, 2.05) is 13.0 Å². The van der Waals surface area contributed by atoms with Crippen LogP contribution >= 0.6 is 0 Å². The van der Waals surface area contributed by atoms with Gasteiger partial charge in [-0.05, 0) is 12.3 Å². The number of carboxylic acid groups (broad SMARTS) is 1. The van der Waals surface area contributed by atoms with E-state index in [0.29, 0.717) is 19.4 Å². The maximum Gasteiger partial charge on any atom is 0.404 e. The molecule has 6 heteroatoms. The number of hydrogen-bond acceptors (Lipinski definition) is 3. The number of carbonyl (C=O) groups is 2. The van der Waals surface area contributed by atoms with Gasteiger partial charge in [-0.2, -0.15) is 5.26 Å². The van der Waals surface area contributed by atoms with Gasteiger partial charge in [0, 0.05) is 13.0 Å². The average molecular weight is 213 g/mol. The minimum absolute atomic E-state index is 0.0128. The Bertz CT molecular complexity index is 260. The molecule has 0 aliphatic carbocycles. The minimum atomic E-state index is -1.06. The lowest BCUT2D eigenvalue weighted by Crippen LogP contribution is -2.27. The van der Waals surface area contributed by atoms with Crippen LogP contribution in [0.3, 0.4) is 0 Å². The molecular formula is C9H15N3O3. The molecule has 84 valence electrons. The Balaban J connectivity index is 3.56. The number of carbonyl (C=O) groups excluding carboxylic acids is 1. The summed E-state index contributed by atoms with van der Waals surface area (Å²) in [6, 6.07) is 1.81. The summed E-state index contributed by atoms with van der Waals surface area (Å²) in [7, 11) is 0. The van der Waals surface area contributed by atoms with E-state index in [4.69, 9.17) is 10.4 Å². The fraction of sp³-hybridized carbons (Fsp3) is 0.667. The molecule has 0 spiro atoms. The molecule has 0 bridgehead atoms. The van der Waals surface area contributed by atoms with Crippen LogP contribution in [0.1, 0.15) is 19.8 Å². The summed E-state index contributed by atoms with van der Waals surface area (Å²) in [6.07, 6.45) is -0.147. The quantitative estimate of drug-likeness (QED) is 0.552. The molecule has 2 amide bonds. The first kappa shape index (κ1) is 13.2. The van der Waals surface area contributed by atoms with Crippen LogP contribution in [0, 0.1) is 17.2 Å². The Labute approximate surface area is 88.3 Å². The Morgan fingerprint density at radius 1 is 1.47 bits per heavy atom. The van der Waals surface area contributed by atoms with E-state index in [1.165, 1.54) is 0 Å². The SMILES string of the molecule is CC(CCNC(=O)O)CC(=O)NCC#N. The van der Waals surface area contributed by atoms with Crippen molar-refractivity contribution in [1.29, 1.82) is 5.26 Å². The molecule has 1 atom stereocenters. The topological polar surface area (TPSA) is 102 Å². The average Bonchev–Trinajstić information content (AvgIpc) is 2.14. The molecule has 0 aliphatic rings. The molecule has 0 saturated carbocycles. The molecule has 0 fully saturated rings. The largest absolute Gasteiger partial charge is 0.465 e. The summed E-state index contributed by atoms with van der Waals surface area (Å²) in [4.78, 5) is 21.2. The molecule has 3 N–H and O–H groups in total. The monoisotopic (exact) mass is 213 g/mol. The maximum absolute atomic E-state index is 11.1. The number of rotatable bonds is 6. The highest BCUT2D eigenvalue weighted by Crippen LogP contribution is 2.05. The van der Waals surface area contributed by atoms with Crippen LogP contribution in [0.5, 0.6) is 0 Å². The first-order valence-electron chi connectivity index (χ1n) is 4.66. The van der Waals surface area contributed by atoms with Crippen LogP contribution in [-0.2, 0) is 4.79 Å². The summed E-state index contributed by atoms with van der Waals surface area (Å²) < 4.78 is 0. The Morgan fingerprint density at radius 2 is 2.13 bits per heavy atom. The lowest BCUT2D eigenvalue weighted by Gasteiger charge is -2.09. The highest BCUT2D eigenvalue weighted by Gasteiger charge is 2.08. The van der Waals surface area contributed by atoms with Crippen molar-refractivity contribution in [3.05, 3.63) is 0 Å². The van der Waals surface area contributed by atoms with E-state index < -0.39 is 6.09 Å². The first-order valence-corrected chi connectivity index (χ1v) is 4.66. The van der Waals surface area contributed by atoms with Crippen molar-refractivity contribution in [2.24, 2.45) is 5.92 Å². The number of hydrogen-bond donors (Lipinski definition) is 3. The summed E-state index contributed by atoms with van der Waals surface area (Å²) in [5, 5.41) is 21.2. The van der Waals surface area contributed by atoms with E-state index in [-0.39, 0.29) is 18.4 Å². The molecule has 0 aromatic rings. The molecule has 0 aromatic carbocycles. The standard InChI is InChI=1S/C9H15N3O3/c1-7(2-4-12-9(14)15)6-8(13)11-5-3-10/h7,12H,2,4-6H2,1H3,(H,11,13)(H,14,15). The summed E-state index contributed by atoms with van der Waals surface area (Å²) in [5.74, 6) is -0.0880. The predicted molar refractivity (Wildman–Crippen MR) is 53.0 cm³/mol. The summed E-state index contributed by atoms with van der Waals surface area (Å²) >= 11 is 0. The van der Waals surface area contributed by atoms with Gasteiger partial charge in [0.15, 0.2) is 0 Å². The van der Waals surface area contributed by atoms with Crippen molar-refractivity contribution in [3.8, 4) is 6.07 Å².